The molecule has 1 fully saturated rings. The number of piperidine rings is 1. The molecule has 1 aliphatic heterocycles. The first-order valence-corrected chi connectivity index (χ1v) is 8.82. The van der Waals surface area contributed by atoms with Crippen LogP contribution in [0.4, 0.5) is 0 Å². The van der Waals surface area contributed by atoms with Gasteiger partial charge in [0.15, 0.2) is 0 Å². The number of hydrogen-bond acceptors (Lipinski definition) is 4. The van der Waals surface area contributed by atoms with E-state index in [9.17, 15) is 8.42 Å². The summed E-state index contributed by atoms with van der Waals surface area (Å²) in [7, 11) is -1.56. The van der Waals surface area contributed by atoms with Crippen molar-refractivity contribution in [3.8, 4) is 0 Å². The molecule has 0 radical (unpaired) electrons. The highest BCUT2D eigenvalue weighted by molar-refractivity contribution is 7.89. The van der Waals surface area contributed by atoms with Gasteiger partial charge in [-0.3, -0.25) is 0 Å². The Balaban J connectivity index is 2.22. The van der Waals surface area contributed by atoms with Gasteiger partial charge < -0.3 is 10.6 Å². The van der Waals surface area contributed by atoms with Crippen molar-refractivity contribution in [2.45, 2.75) is 36.7 Å². The van der Waals surface area contributed by atoms with Crippen LogP contribution in [-0.2, 0) is 10.0 Å². The average molecular weight is 327 g/mol. The predicted octanol–water partition coefficient (Wildman–Crippen LogP) is 1.08. The van der Waals surface area contributed by atoms with Crippen molar-refractivity contribution in [3.63, 3.8) is 0 Å². The van der Waals surface area contributed by atoms with E-state index >= 15 is 0 Å². The van der Waals surface area contributed by atoms with E-state index in [0.717, 1.165) is 19.4 Å². The molecule has 1 heterocycles. The van der Waals surface area contributed by atoms with Crippen molar-refractivity contribution >= 4 is 27.2 Å². The molecule has 0 spiro atoms. The maximum absolute atomic E-state index is 12.6. The number of benzene rings is 1. The first-order chi connectivity index (χ1) is 9.81. The molecule has 1 aromatic carbocycles. The van der Waals surface area contributed by atoms with Gasteiger partial charge in [0, 0.05) is 17.6 Å². The first kappa shape index (κ1) is 16.4. The van der Waals surface area contributed by atoms with Crippen molar-refractivity contribution in [1.29, 1.82) is 0 Å². The third-order valence-electron chi connectivity index (χ3n) is 3.97. The zero-order valence-electron chi connectivity index (χ0n) is 12.2. The Bertz CT molecular complexity index is 631. The van der Waals surface area contributed by atoms with Crippen molar-refractivity contribution in [1.82, 2.24) is 9.62 Å². The lowest BCUT2D eigenvalue weighted by Crippen LogP contribution is -2.47. The van der Waals surface area contributed by atoms with Crippen molar-refractivity contribution in [2.75, 3.05) is 13.6 Å². The van der Waals surface area contributed by atoms with Crippen LogP contribution < -0.4 is 10.5 Å². The van der Waals surface area contributed by atoms with Crippen molar-refractivity contribution < 1.29 is 8.42 Å². The number of sulfonamides is 1. The van der Waals surface area contributed by atoms with E-state index in [1.807, 2.05) is 0 Å². The van der Waals surface area contributed by atoms with Gasteiger partial charge in [-0.25, -0.2) is 13.1 Å². The molecular weight excluding hydrogens is 306 g/mol. The largest absolute Gasteiger partial charge is 0.389 e. The number of rotatable bonds is 4. The summed E-state index contributed by atoms with van der Waals surface area (Å²) in [6.45, 7) is 2.98. The average Bonchev–Trinajstić information content (AvgIpc) is 2.42. The van der Waals surface area contributed by atoms with E-state index < -0.39 is 10.0 Å². The van der Waals surface area contributed by atoms with Gasteiger partial charge in [-0.2, -0.15) is 0 Å². The lowest BCUT2D eigenvalue weighted by atomic mass is 10.0. The smallest absolute Gasteiger partial charge is 0.241 e. The van der Waals surface area contributed by atoms with Gasteiger partial charge in [0.05, 0.1) is 4.90 Å². The van der Waals surface area contributed by atoms with Gasteiger partial charge in [-0.1, -0.05) is 30.4 Å². The van der Waals surface area contributed by atoms with Crippen LogP contribution in [-0.4, -0.2) is 44.0 Å². The molecule has 0 saturated carbocycles. The second kappa shape index (κ2) is 6.39. The Hall–Kier alpha value is -1.02. The summed E-state index contributed by atoms with van der Waals surface area (Å²) in [6.07, 6.45) is 1.60. The highest BCUT2D eigenvalue weighted by atomic mass is 32.2. The van der Waals surface area contributed by atoms with E-state index in [2.05, 4.69) is 23.6 Å². The Kier molecular flexibility index (Phi) is 4.98. The molecule has 116 valence electrons. The van der Waals surface area contributed by atoms with Crippen LogP contribution in [0.5, 0.6) is 0 Å². The van der Waals surface area contributed by atoms with Crippen molar-refractivity contribution in [2.24, 2.45) is 5.73 Å². The molecule has 1 saturated heterocycles. The number of thiocarbonyl (C=S) groups is 1. The Morgan fingerprint density at radius 3 is 2.71 bits per heavy atom. The predicted molar refractivity (Wildman–Crippen MR) is 87.8 cm³/mol. The lowest BCUT2D eigenvalue weighted by molar-refractivity contribution is 0.178. The van der Waals surface area contributed by atoms with Crippen LogP contribution in [0.15, 0.2) is 29.2 Å². The molecule has 1 aliphatic rings. The molecule has 7 heteroatoms. The SMILES string of the molecule is CC1CC(NS(=O)(=O)c2ccccc2C(N)=S)CCN1C. The molecule has 2 atom stereocenters. The minimum atomic E-state index is -3.61. The maximum Gasteiger partial charge on any atom is 0.241 e. The highest BCUT2D eigenvalue weighted by Crippen LogP contribution is 2.20. The molecule has 1 aromatic rings. The van der Waals surface area contributed by atoms with Gasteiger partial charge >= 0.3 is 0 Å². The molecule has 5 nitrogen and oxygen atoms in total. The first-order valence-electron chi connectivity index (χ1n) is 6.92. The number of hydrogen-bond donors (Lipinski definition) is 2. The lowest BCUT2D eigenvalue weighted by Gasteiger charge is -2.35. The van der Waals surface area contributed by atoms with Crippen LogP contribution in [0.2, 0.25) is 0 Å². The second-order valence-electron chi connectivity index (χ2n) is 5.53. The maximum atomic E-state index is 12.6. The summed E-state index contributed by atoms with van der Waals surface area (Å²) in [5.41, 5.74) is 6.01. The fourth-order valence-electron chi connectivity index (χ4n) is 2.58. The Morgan fingerprint density at radius 2 is 2.10 bits per heavy atom. The number of likely N-dealkylation sites (tertiary alicyclic amines) is 1. The molecule has 0 amide bonds. The minimum absolute atomic E-state index is 0.0550. The van der Waals surface area contributed by atoms with Crippen LogP contribution in [0.1, 0.15) is 25.3 Å². The zero-order valence-corrected chi connectivity index (χ0v) is 13.9. The van der Waals surface area contributed by atoms with E-state index in [4.69, 9.17) is 18.0 Å². The number of nitrogens with two attached hydrogens (primary N) is 1. The fourth-order valence-corrected chi connectivity index (χ4v) is 4.33. The third-order valence-corrected chi connectivity index (χ3v) is 5.77. The summed E-state index contributed by atoms with van der Waals surface area (Å²) >= 11 is 4.94. The standard InChI is InChI=1S/C14H21N3O2S2/c1-10-9-11(7-8-17(10)2)16-21(18,19)13-6-4-3-5-12(13)14(15)20/h3-6,10-11,16H,7-9H2,1-2H3,(H2,15,20). The van der Waals surface area contributed by atoms with Gasteiger partial charge in [0.1, 0.15) is 4.99 Å². The van der Waals surface area contributed by atoms with Crippen LogP contribution in [0.25, 0.3) is 0 Å². The van der Waals surface area contributed by atoms with Gasteiger partial charge in [-0.05, 0) is 39.4 Å². The summed E-state index contributed by atoms with van der Waals surface area (Å²) in [4.78, 5) is 2.48. The molecule has 0 bridgehead atoms. The number of nitrogens with one attached hydrogen (secondary N) is 1. The summed E-state index contributed by atoms with van der Waals surface area (Å²) < 4.78 is 27.9. The van der Waals surface area contributed by atoms with Gasteiger partial charge in [-0.15, -0.1) is 0 Å². The molecule has 2 unspecified atom stereocenters. The molecular formula is C14H21N3O2S2. The molecule has 21 heavy (non-hydrogen) atoms. The van der Waals surface area contributed by atoms with Crippen molar-refractivity contribution in [3.05, 3.63) is 29.8 Å². The zero-order chi connectivity index (χ0) is 15.6. The van der Waals surface area contributed by atoms with E-state index in [1.165, 1.54) is 6.07 Å². The van der Waals surface area contributed by atoms with Crippen LogP contribution in [0, 0.1) is 0 Å². The minimum Gasteiger partial charge on any atom is -0.389 e. The van der Waals surface area contributed by atoms with Crippen LogP contribution in [0.3, 0.4) is 0 Å². The van der Waals surface area contributed by atoms with Gasteiger partial charge in [0.2, 0.25) is 10.0 Å². The summed E-state index contributed by atoms with van der Waals surface area (Å²) in [6, 6.07) is 6.88. The monoisotopic (exact) mass is 327 g/mol. The fraction of sp³-hybridized carbons (Fsp3) is 0.500. The summed E-state index contributed by atoms with van der Waals surface area (Å²) in [5.74, 6) is 0. The topological polar surface area (TPSA) is 75.4 Å². The van der Waals surface area contributed by atoms with E-state index in [-0.39, 0.29) is 15.9 Å². The molecule has 0 aliphatic carbocycles. The Morgan fingerprint density at radius 1 is 1.43 bits per heavy atom. The summed E-state index contributed by atoms with van der Waals surface area (Å²) in [5, 5.41) is 0. The van der Waals surface area contributed by atoms with Crippen LogP contribution >= 0.6 is 12.2 Å². The number of nitrogens with zero attached hydrogens (tertiary/aromatic N) is 1. The Labute approximate surface area is 131 Å². The quantitative estimate of drug-likeness (QED) is 0.810. The third kappa shape index (κ3) is 3.79. The molecule has 2 rings (SSSR count). The van der Waals surface area contributed by atoms with Gasteiger partial charge in [0.25, 0.3) is 0 Å². The van der Waals surface area contributed by atoms with E-state index in [0.29, 0.717) is 11.6 Å². The normalized spacial score (nSPS) is 23.9. The second-order valence-corrected chi connectivity index (χ2v) is 7.65. The molecule has 3 N–H and O–H groups in total. The highest BCUT2D eigenvalue weighted by Gasteiger charge is 2.28. The molecule has 0 aromatic heterocycles. The van der Waals surface area contributed by atoms with E-state index in [1.54, 1.807) is 18.2 Å².